The van der Waals surface area contributed by atoms with E-state index in [9.17, 15) is 9.59 Å². The van der Waals surface area contributed by atoms with Gasteiger partial charge in [0.1, 0.15) is 9.75 Å². The first kappa shape index (κ1) is 18.7. The van der Waals surface area contributed by atoms with Crippen LogP contribution in [0.3, 0.4) is 0 Å². The molecule has 0 radical (unpaired) electrons. The molecule has 1 fully saturated rings. The highest BCUT2D eigenvalue weighted by Crippen LogP contribution is 2.27. The van der Waals surface area contributed by atoms with Crippen LogP contribution < -0.4 is 5.32 Å². The Kier molecular flexibility index (Phi) is 6.39. The number of hydrogen-bond acceptors (Lipinski definition) is 4. The molecule has 0 spiro atoms. The minimum atomic E-state index is -0.111. The Balaban J connectivity index is 1.41. The number of rotatable bonds is 5. The third-order valence-corrected chi connectivity index (χ3v) is 7.04. The highest BCUT2D eigenvalue weighted by Gasteiger charge is 2.25. The molecule has 0 bridgehead atoms. The van der Waals surface area contributed by atoms with Gasteiger partial charge in [0, 0.05) is 19.6 Å². The molecule has 3 rings (SSSR count). The molecule has 1 saturated heterocycles. The van der Waals surface area contributed by atoms with Gasteiger partial charge in [-0.05, 0) is 48.1 Å². The molecule has 1 aliphatic rings. The summed E-state index contributed by atoms with van der Waals surface area (Å²) in [6.07, 6.45) is 2.81. The van der Waals surface area contributed by atoms with E-state index in [1.54, 1.807) is 12.1 Å². The van der Waals surface area contributed by atoms with Crippen LogP contribution in [0.5, 0.6) is 0 Å². The van der Waals surface area contributed by atoms with E-state index in [4.69, 9.17) is 23.2 Å². The second kappa shape index (κ2) is 8.54. The molecule has 3 heterocycles. The summed E-state index contributed by atoms with van der Waals surface area (Å²) in [5, 5.41) is 7.61. The molecular weight excluding hydrogens is 399 g/mol. The van der Waals surface area contributed by atoms with Crippen molar-refractivity contribution < 1.29 is 9.59 Å². The van der Waals surface area contributed by atoms with Gasteiger partial charge < -0.3 is 10.2 Å². The SMILES string of the molecule is O=C(NCCC1CCN(C(=O)c2sccc2Cl)CC1)c1sccc1Cl. The lowest BCUT2D eigenvalue weighted by molar-refractivity contribution is 0.0692. The fourth-order valence-corrected chi connectivity index (χ4v) is 5.10. The summed E-state index contributed by atoms with van der Waals surface area (Å²) >= 11 is 14.8. The van der Waals surface area contributed by atoms with Crippen LogP contribution in [-0.2, 0) is 0 Å². The van der Waals surface area contributed by atoms with Crippen LogP contribution in [0.2, 0.25) is 10.0 Å². The molecule has 1 N–H and O–H groups in total. The zero-order valence-electron chi connectivity index (χ0n) is 13.5. The van der Waals surface area contributed by atoms with Gasteiger partial charge in [0.25, 0.3) is 11.8 Å². The lowest BCUT2D eigenvalue weighted by Crippen LogP contribution is -2.39. The van der Waals surface area contributed by atoms with Crippen molar-refractivity contribution in [3.05, 3.63) is 42.7 Å². The Labute approximate surface area is 164 Å². The third kappa shape index (κ3) is 4.56. The first-order chi connectivity index (χ1) is 12.1. The Morgan fingerprint density at radius 2 is 1.68 bits per heavy atom. The zero-order chi connectivity index (χ0) is 17.8. The quantitative estimate of drug-likeness (QED) is 0.761. The minimum Gasteiger partial charge on any atom is -0.351 e. The molecule has 1 aliphatic heterocycles. The van der Waals surface area contributed by atoms with Crippen molar-refractivity contribution >= 4 is 57.7 Å². The summed E-state index contributed by atoms with van der Waals surface area (Å²) in [4.78, 5) is 27.5. The number of amides is 2. The van der Waals surface area contributed by atoms with Crippen LogP contribution in [0, 0.1) is 5.92 Å². The monoisotopic (exact) mass is 416 g/mol. The normalized spacial score (nSPS) is 15.4. The minimum absolute atomic E-state index is 0.0269. The van der Waals surface area contributed by atoms with Crippen LogP contribution in [0.1, 0.15) is 38.6 Å². The molecule has 25 heavy (non-hydrogen) atoms. The first-order valence-electron chi connectivity index (χ1n) is 8.09. The molecular formula is C17H18Cl2N2O2S2. The highest BCUT2D eigenvalue weighted by molar-refractivity contribution is 7.13. The fourth-order valence-electron chi connectivity index (χ4n) is 2.94. The number of thiophene rings is 2. The van der Waals surface area contributed by atoms with Gasteiger partial charge in [-0.3, -0.25) is 9.59 Å². The van der Waals surface area contributed by atoms with E-state index in [2.05, 4.69) is 5.32 Å². The van der Waals surface area contributed by atoms with Gasteiger partial charge in [0.2, 0.25) is 0 Å². The number of piperidine rings is 1. The smallest absolute Gasteiger partial charge is 0.265 e. The molecule has 0 saturated carbocycles. The summed E-state index contributed by atoms with van der Waals surface area (Å²) in [5.41, 5.74) is 0. The van der Waals surface area contributed by atoms with Gasteiger partial charge in [-0.1, -0.05) is 23.2 Å². The van der Waals surface area contributed by atoms with Crippen molar-refractivity contribution in [3.63, 3.8) is 0 Å². The van der Waals surface area contributed by atoms with Crippen LogP contribution >= 0.6 is 45.9 Å². The molecule has 4 nitrogen and oxygen atoms in total. The summed E-state index contributed by atoms with van der Waals surface area (Å²) in [7, 11) is 0. The predicted octanol–water partition coefficient (Wildman–Crippen LogP) is 4.79. The molecule has 8 heteroatoms. The van der Waals surface area contributed by atoms with E-state index < -0.39 is 0 Å². The molecule has 0 atom stereocenters. The maximum absolute atomic E-state index is 12.4. The molecule has 2 aromatic rings. The van der Waals surface area contributed by atoms with E-state index in [1.807, 2.05) is 15.7 Å². The second-order valence-corrected chi connectivity index (χ2v) is 8.62. The number of hydrogen-bond donors (Lipinski definition) is 1. The van der Waals surface area contributed by atoms with E-state index in [0.29, 0.717) is 32.3 Å². The number of carbonyl (C=O) groups is 2. The highest BCUT2D eigenvalue weighted by atomic mass is 35.5. The van der Waals surface area contributed by atoms with Gasteiger partial charge in [0.15, 0.2) is 0 Å². The Bertz CT molecular complexity index is 749. The van der Waals surface area contributed by atoms with Crippen molar-refractivity contribution in [1.29, 1.82) is 0 Å². The van der Waals surface area contributed by atoms with E-state index in [0.717, 1.165) is 32.4 Å². The predicted molar refractivity (Wildman–Crippen MR) is 104 cm³/mol. The average Bonchev–Trinajstić information content (AvgIpc) is 3.23. The van der Waals surface area contributed by atoms with E-state index in [-0.39, 0.29) is 11.8 Å². The lowest BCUT2D eigenvalue weighted by Gasteiger charge is -2.31. The molecule has 0 aliphatic carbocycles. The molecule has 0 aromatic carbocycles. The third-order valence-electron chi connectivity index (χ3n) is 4.37. The standard InChI is InChI=1S/C17H18Cl2N2O2S2/c18-12-4-9-24-14(12)16(22)20-6-1-11-2-7-21(8-3-11)17(23)15-13(19)5-10-25-15/h4-5,9-11H,1-3,6-8H2,(H,20,22). The maximum Gasteiger partial charge on any atom is 0.265 e. The van der Waals surface area contributed by atoms with Crippen molar-refractivity contribution in [1.82, 2.24) is 10.2 Å². The van der Waals surface area contributed by atoms with Crippen molar-refractivity contribution in [2.45, 2.75) is 19.3 Å². The van der Waals surface area contributed by atoms with E-state index >= 15 is 0 Å². The van der Waals surface area contributed by atoms with Crippen LogP contribution in [0.4, 0.5) is 0 Å². The van der Waals surface area contributed by atoms with Gasteiger partial charge in [-0.25, -0.2) is 0 Å². The van der Waals surface area contributed by atoms with Gasteiger partial charge in [-0.15, -0.1) is 22.7 Å². The van der Waals surface area contributed by atoms with Gasteiger partial charge in [0.05, 0.1) is 10.0 Å². The van der Waals surface area contributed by atoms with Crippen LogP contribution in [0.15, 0.2) is 22.9 Å². The van der Waals surface area contributed by atoms with Gasteiger partial charge >= 0.3 is 0 Å². The number of nitrogens with one attached hydrogen (secondary N) is 1. The number of likely N-dealkylation sites (tertiary alicyclic amines) is 1. The van der Waals surface area contributed by atoms with Crippen molar-refractivity contribution in [3.8, 4) is 0 Å². The van der Waals surface area contributed by atoms with Crippen LogP contribution in [0.25, 0.3) is 0 Å². The number of halogens is 2. The largest absolute Gasteiger partial charge is 0.351 e. The maximum atomic E-state index is 12.4. The Morgan fingerprint density at radius 1 is 1.08 bits per heavy atom. The topological polar surface area (TPSA) is 49.4 Å². The summed E-state index contributed by atoms with van der Waals surface area (Å²) < 4.78 is 0. The lowest BCUT2D eigenvalue weighted by atomic mass is 9.93. The molecule has 2 aromatic heterocycles. The number of nitrogens with zero attached hydrogens (tertiary/aromatic N) is 1. The molecule has 2 amide bonds. The zero-order valence-corrected chi connectivity index (χ0v) is 16.6. The average molecular weight is 417 g/mol. The summed E-state index contributed by atoms with van der Waals surface area (Å²) in [5.74, 6) is 0.431. The van der Waals surface area contributed by atoms with Crippen LogP contribution in [-0.4, -0.2) is 36.3 Å². The number of carbonyl (C=O) groups excluding carboxylic acids is 2. The first-order valence-corrected chi connectivity index (χ1v) is 10.6. The summed E-state index contributed by atoms with van der Waals surface area (Å²) in [6, 6.07) is 3.49. The Hall–Kier alpha value is -1.08. The van der Waals surface area contributed by atoms with E-state index in [1.165, 1.54) is 22.7 Å². The molecule has 0 unspecified atom stereocenters. The van der Waals surface area contributed by atoms with Gasteiger partial charge in [-0.2, -0.15) is 0 Å². The van der Waals surface area contributed by atoms with Crippen molar-refractivity contribution in [2.75, 3.05) is 19.6 Å². The Morgan fingerprint density at radius 3 is 2.24 bits per heavy atom. The van der Waals surface area contributed by atoms with Crippen molar-refractivity contribution in [2.24, 2.45) is 5.92 Å². The fraction of sp³-hybridized carbons (Fsp3) is 0.412. The second-order valence-electron chi connectivity index (χ2n) is 5.98. The molecule has 134 valence electrons. The summed E-state index contributed by atoms with van der Waals surface area (Å²) in [6.45, 7) is 2.10.